The standard InChI is InChI=1S/C21H23N3O4S/c1-14(15-5-3-2-4-6-15)11-19(26)23-20-17(12-22)16-7-8-24(13-18(16)29-20)21(27)28-10-9-25/h2-6,14,25H,7-11,13H2,1H3,(H,23,26)/t14-/m0/s1. The summed E-state index contributed by atoms with van der Waals surface area (Å²) in [6.45, 7) is 2.49. The van der Waals surface area contributed by atoms with Crippen molar-refractivity contribution < 1.29 is 19.4 Å². The molecule has 1 aromatic heterocycles. The minimum absolute atomic E-state index is 0.0447. The lowest BCUT2D eigenvalue weighted by Gasteiger charge is -2.26. The fourth-order valence-electron chi connectivity index (χ4n) is 3.35. The molecule has 0 saturated heterocycles. The summed E-state index contributed by atoms with van der Waals surface area (Å²) in [5.74, 6) is -0.0798. The van der Waals surface area contributed by atoms with E-state index in [9.17, 15) is 14.9 Å². The predicted molar refractivity (Wildman–Crippen MR) is 110 cm³/mol. The monoisotopic (exact) mass is 413 g/mol. The van der Waals surface area contributed by atoms with Crippen LogP contribution in [0.3, 0.4) is 0 Å². The zero-order valence-corrected chi connectivity index (χ0v) is 17.0. The maximum absolute atomic E-state index is 12.5. The van der Waals surface area contributed by atoms with E-state index < -0.39 is 6.09 Å². The quantitative estimate of drug-likeness (QED) is 0.757. The second-order valence-electron chi connectivity index (χ2n) is 6.89. The molecule has 2 aromatic rings. The first-order chi connectivity index (χ1) is 14.0. The molecule has 0 fully saturated rings. The van der Waals surface area contributed by atoms with Crippen LogP contribution in [0.4, 0.5) is 9.80 Å². The van der Waals surface area contributed by atoms with E-state index in [0.29, 0.717) is 36.5 Å². The highest BCUT2D eigenvalue weighted by Crippen LogP contribution is 2.37. The van der Waals surface area contributed by atoms with Gasteiger partial charge in [0.25, 0.3) is 0 Å². The van der Waals surface area contributed by atoms with Gasteiger partial charge < -0.3 is 20.1 Å². The molecule has 0 unspecified atom stereocenters. The van der Waals surface area contributed by atoms with Crippen LogP contribution in [0.2, 0.25) is 0 Å². The molecule has 0 saturated carbocycles. The van der Waals surface area contributed by atoms with Gasteiger partial charge in [-0.3, -0.25) is 4.79 Å². The highest BCUT2D eigenvalue weighted by Gasteiger charge is 2.28. The van der Waals surface area contributed by atoms with E-state index in [4.69, 9.17) is 9.84 Å². The van der Waals surface area contributed by atoms with Gasteiger partial charge in [0.2, 0.25) is 5.91 Å². The van der Waals surface area contributed by atoms with Crippen molar-refractivity contribution in [3.8, 4) is 6.07 Å². The Morgan fingerprint density at radius 3 is 2.83 bits per heavy atom. The number of nitrogens with zero attached hydrogens (tertiary/aromatic N) is 2. The number of carbonyl (C=O) groups is 2. The van der Waals surface area contributed by atoms with Crippen LogP contribution >= 0.6 is 11.3 Å². The Morgan fingerprint density at radius 2 is 2.14 bits per heavy atom. The van der Waals surface area contributed by atoms with Crippen LogP contribution in [0, 0.1) is 11.3 Å². The van der Waals surface area contributed by atoms with Crippen LogP contribution in [0.5, 0.6) is 0 Å². The van der Waals surface area contributed by atoms with Gasteiger partial charge in [-0.2, -0.15) is 5.26 Å². The van der Waals surface area contributed by atoms with Crippen LogP contribution < -0.4 is 5.32 Å². The molecule has 2 amide bonds. The third-order valence-electron chi connectivity index (χ3n) is 4.86. The molecular weight excluding hydrogens is 390 g/mol. The SMILES string of the molecule is C[C@@H](CC(=O)Nc1sc2c(c1C#N)CCN(C(=O)OCCO)C2)c1ccccc1. The fraction of sp³-hybridized carbons (Fsp3) is 0.381. The number of fused-ring (bicyclic) bond motifs is 1. The number of amides is 2. The number of hydrogen-bond acceptors (Lipinski definition) is 6. The van der Waals surface area contributed by atoms with E-state index in [2.05, 4.69) is 11.4 Å². The van der Waals surface area contributed by atoms with Gasteiger partial charge in [0.15, 0.2) is 0 Å². The van der Waals surface area contributed by atoms with E-state index in [1.165, 1.54) is 11.3 Å². The van der Waals surface area contributed by atoms with E-state index in [-0.39, 0.29) is 25.0 Å². The van der Waals surface area contributed by atoms with E-state index in [1.807, 2.05) is 37.3 Å². The number of hydrogen-bond donors (Lipinski definition) is 2. The molecule has 7 nitrogen and oxygen atoms in total. The molecule has 2 N–H and O–H groups in total. The minimum atomic E-state index is -0.487. The summed E-state index contributed by atoms with van der Waals surface area (Å²) in [6, 6.07) is 12.0. The summed E-state index contributed by atoms with van der Waals surface area (Å²) in [7, 11) is 0. The first-order valence-corrected chi connectivity index (χ1v) is 10.3. The van der Waals surface area contributed by atoms with Gasteiger partial charge in [0, 0.05) is 17.8 Å². The summed E-state index contributed by atoms with van der Waals surface area (Å²) < 4.78 is 4.97. The van der Waals surface area contributed by atoms with Crippen molar-refractivity contribution in [1.29, 1.82) is 5.26 Å². The van der Waals surface area contributed by atoms with Crippen molar-refractivity contribution >= 4 is 28.3 Å². The minimum Gasteiger partial charge on any atom is -0.447 e. The van der Waals surface area contributed by atoms with Gasteiger partial charge in [-0.15, -0.1) is 11.3 Å². The molecule has 152 valence electrons. The average Bonchev–Trinajstić information content (AvgIpc) is 3.08. The third kappa shape index (κ3) is 4.94. The van der Waals surface area contributed by atoms with Gasteiger partial charge in [-0.1, -0.05) is 37.3 Å². The molecule has 0 spiro atoms. The molecule has 1 aliphatic rings. The molecule has 29 heavy (non-hydrogen) atoms. The molecule has 0 bridgehead atoms. The summed E-state index contributed by atoms with van der Waals surface area (Å²) in [4.78, 5) is 27.0. The third-order valence-corrected chi connectivity index (χ3v) is 5.99. The second-order valence-corrected chi connectivity index (χ2v) is 8.00. The summed E-state index contributed by atoms with van der Waals surface area (Å²) in [6.07, 6.45) is 0.356. The normalized spacial score (nSPS) is 13.9. The van der Waals surface area contributed by atoms with Crippen molar-refractivity contribution in [2.24, 2.45) is 0 Å². The molecule has 0 radical (unpaired) electrons. The molecule has 1 aliphatic heterocycles. The van der Waals surface area contributed by atoms with Gasteiger partial charge in [0.05, 0.1) is 18.7 Å². The summed E-state index contributed by atoms with van der Waals surface area (Å²) in [5.41, 5.74) is 2.45. The van der Waals surface area contributed by atoms with Crippen molar-refractivity contribution in [2.75, 3.05) is 25.1 Å². The fourth-order valence-corrected chi connectivity index (χ4v) is 4.57. The average molecular weight is 413 g/mol. The summed E-state index contributed by atoms with van der Waals surface area (Å²) in [5, 5.41) is 21.8. The topological polar surface area (TPSA) is 103 Å². The lowest BCUT2D eigenvalue weighted by atomic mass is 9.97. The second kappa shape index (κ2) is 9.54. The number of rotatable bonds is 6. The number of carbonyl (C=O) groups excluding carboxylic acids is 2. The van der Waals surface area contributed by atoms with Crippen LogP contribution in [-0.2, 0) is 22.5 Å². The van der Waals surface area contributed by atoms with E-state index in [1.54, 1.807) is 4.90 Å². The lowest BCUT2D eigenvalue weighted by molar-refractivity contribution is -0.116. The maximum atomic E-state index is 12.5. The Morgan fingerprint density at radius 1 is 1.38 bits per heavy atom. The van der Waals surface area contributed by atoms with Crippen molar-refractivity contribution in [3.63, 3.8) is 0 Å². The Hall–Kier alpha value is -2.89. The number of thiophene rings is 1. The zero-order valence-electron chi connectivity index (χ0n) is 16.2. The van der Waals surface area contributed by atoms with Crippen molar-refractivity contribution in [2.45, 2.75) is 32.2 Å². The van der Waals surface area contributed by atoms with Crippen LogP contribution in [0.1, 0.15) is 40.8 Å². The molecule has 3 rings (SSSR count). The van der Waals surface area contributed by atoms with E-state index in [0.717, 1.165) is 16.0 Å². The van der Waals surface area contributed by atoms with Crippen LogP contribution in [0.25, 0.3) is 0 Å². The number of aliphatic hydroxyl groups is 1. The smallest absolute Gasteiger partial charge is 0.410 e. The zero-order chi connectivity index (χ0) is 20.8. The first-order valence-electron chi connectivity index (χ1n) is 9.45. The molecule has 1 aromatic carbocycles. The first kappa shape index (κ1) is 20.8. The van der Waals surface area contributed by atoms with Gasteiger partial charge in [-0.25, -0.2) is 4.79 Å². The molecule has 1 atom stereocenters. The largest absolute Gasteiger partial charge is 0.447 e. The molecule has 0 aliphatic carbocycles. The number of anilines is 1. The van der Waals surface area contributed by atoms with Gasteiger partial charge in [-0.05, 0) is 23.5 Å². The maximum Gasteiger partial charge on any atom is 0.410 e. The Bertz CT molecular complexity index is 920. The molecule has 2 heterocycles. The Labute approximate surface area is 173 Å². The highest BCUT2D eigenvalue weighted by atomic mass is 32.1. The van der Waals surface area contributed by atoms with Gasteiger partial charge in [0.1, 0.15) is 17.7 Å². The molecule has 8 heteroatoms. The number of benzene rings is 1. The highest BCUT2D eigenvalue weighted by molar-refractivity contribution is 7.16. The Balaban J connectivity index is 1.68. The number of nitriles is 1. The Kier molecular flexibility index (Phi) is 6.86. The lowest BCUT2D eigenvalue weighted by Crippen LogP contribution is -2.36. The number of aliphatic hydroxyl groups excluding tert-OH is 1. The number of nitrogens with one attached hydrogen (secondary N) is 1. The van der Waals surface area contributed by atoms with Gasteiger partial charge >= 0.3 is 6.09 Å². The van der Waals surface area contributed by atoms with E-state index >= 15 is 0 Å². The predicted octanol–water partition coefficient (Wildman–Crippen LogP) is 3.24. The van der Waals surface area contributed by atoms with Crippen LogP contribution in [-0.4, -0.2) is 41.8 Å². The molecular formula is C21H23N3O4S. The van der Waals surface area contributed by atoms with Crippen LogP contribution in [0.15, 0.2) is 30.3 Å². The summed E-state index contributed by atoms with van der Waals surface area (Å²) >= 11 is 1.33. The van der Waals surface area contributed by atoms with Crippen molar-refractivity contribution in [1.82, 2.24) is 4.90 Å². The number of ether oxygens (including phenoxy) is 1. The van der Waals surface area contributed by atoms with Crippen molar-refractivity contribution in [3.05, 3.63) is 51.9 Å².